The summed E-state index contributed by atoms with van der Waals surface area (Å²) in [5, 5.41) is 37.2. The van der Waals surface area contributed by atoms with Crippen molar-refractivity contribution in [1.29, 1.82) is 0 Å². The predicted octanol–water partition coefficient (Wildman–Crippen LogP) is 0.591. The van der Waals surface area contributed by atoms with Gasteiger partial charge in [-0.05, 0) is 43.9 Å². The Morgan fingerprint density at radius 3 is 2.22 bits per heavy atom. The van der Waals surface area contributed by atoms with Gasteiger partial charge in [0.1, 0.15) is 30.5 Å². The highest BCUT2D eigenvalue weighted by atomic mass is 16.8. The van der Waals surface area contributed by atoms with Crippen LogP contribution in [0.5, 0.6) is 0 Å². The molecule has 14 nitrogen and oxygen atoms in total. The number of esters is 4. The van der Waals surface area contributed by atoms with Crippen LogP contribution in [0.2, 0.25) is 0 Å². The molecule has 0 aromatic rings. The summed E-state index contributed by atoms with van der Waals surface area (Å²) in [4.78, 5) is 52.8. The van der Waals surface area contributed by atoms with Gasteiger partial charge in [0.05, 0.1) is 35.2 Å². The molecular formula is C36H51NO13. The molecule has 3 saturated heterocycles. The third-order valence-corrected chi connectivity index (χ3v) is 15.6. The largest absolute Gasteiger partial charge is 0.462 e. The molecule has 8 fully saturated rings. The van der Waals surface area contributed by atoms with Crippen LogP contribution in [-0.2, 0) is 47.6 Å². The quantitative estimate of drug-likeness (QED) is 0.179. The first-order valence-corrected chi connectivity index (χ1v) is 18.1. The molecule has 0 radical (unpaired) electrons. The molecule has 0 aromatic carbocycles. The van der Waals surface area contributed by atoms with Crippen LogP contribution < -0.4 is 5.73 Å². The number of rotatable bonds is 4. The van der Waals surface area contributed by atoms with E-state index in [-0.39, 0.29) is 18.8 Å². The zero-order valence-electron chi connectivity index (χ0n) is 30.1. The molecule has 3 aliphatic heterocycles. The van der Waals surface area contributed by atoms with Crippen molar-refractivity contribution in [3.63, 3.8) is 0 Å². The van der Waals surface area contributed by atoms with Crippen molar-refractivity contribution in [3.05, 3.63) is 0 Å². The summed E-state index contributed by atoms with van der Waals surface area (Å²) in [5.41, 5.74) is -0.668. The zero-order valence-corrected chi connectivity index (χ0v) is 30.1. The van der Waals surface area contributed by atoms with Gasteiger partial charge in [-0.1, -0.05) is 34.6 Å². The topological polar surface area (TPSA) is 217 Å². The van der Waals surface area contributed by atoms with Crippen LogP contribution in [0.4, 0.5) is 0 Å². The van der Waals surface area contributed by atoms with E-state index in [1.165, 1.54) is 20.8 Å². The van der Waals surface area contributed by atoms with Gasteiger partial charge >= 0.3 is 23.9 Å². The van der Waals surface area contributed by atoms with Crippen molar-refractivity contribution in [3.8, 4) is 0 Å². The summed E-state index contributed by atoms with van der Waals surface area (Å²) < 4.78 is 37.0. The van der Waals surface area contributed by atoms with Crippen LogP contribution in [0.3, 0.4) is 0 Å². The Hall–Kier alpha value is -2.36. The van der Waals surface area contributed by atoms with Crippen molar-refractivity contribution >= 4 is 23.9 Å². The molecule has 3 heterocycles. The third-order valence-electron chi connectivity index (χ3n) is 15.6. The molecule has 14 heteroatoms. The molecule has 8 rings (SSSR count). The monoisotopic (exact) mass is 705 g/mol. The van der Waals surface area contributed by atoms with Crippen LogP contribution in [0.15, 0.2) is 0 Å². The fraction of sp³-hybridized carbons (Fsp3) is 0.889. The van der Waals surface area contributed by atoms with Gasteiger partial charge in [-0.3, -0.25) is 14.4 Å². The van der Waals surface area contributed by atoms with Crippen LogP contribution in [-0.4, -0.2) is 105 Å². The molecule has 20 atom stereocenters. The standard InChI is InChI=1S/C36H51NO13/c1-12(2)29(41)48-28-24-17(47-24)11-35(44)26(37)23(40)19-16(32(28,35)7)10-18(45-14(4)38)31(6)20-13(3)27-36(49-27)33(8,34(9,43)30(42)50-36)22(20)25(21(19)31)46-15(5)39/h12-13,16-28,40,43-44H,10-11,37H2,1-9H3/t13-,16?,17-,18-,19?,20-,21+,22-,23+,24-,25+,26-,27+,28-,31+,32-,33-,34+,35-,36-/m0/s1. The summed E-state index contributed by atoms with van der Waals surface area (Å²) in [5.74, 6) is -8.30. The number of hydrogen-bond acceptors (Lipinski definition) is 14. The van der Waals surface area contributed by atoms with Gasteiger partial charge in [-0.15, -0.1) is 0 Å². The molecule has 1 spiro atoms. The van der Waals surface area contributed by atoms with Crippen molar-refractivity contribution in [1.82, 2.24) is 0 Å². The van der Waals surface area contributed by atoms with E-state index >= 15 is 0 Å². The SMILES string of the molecule is CC(=O)O[C@H]1[C@@H]2[C@H]([C@H](C)[C@H]3O[C@]34OC(=O)[C@@](C)(O)[C@]24C)[C@@]2(C)[C@@H](OC(C)=O)CC3C([C@@H](O)[C@H](N)[C@@]4(O)C[C@@H]5O[C@@H]5[C@H](OC(=O)C(C)C)[C@]34C)[C@H]12. The minimum Gasteiger partial charge on any atom is -0.462 e. The molecule has 8 aliphatic rings. The Labute approximate surface area is 291 Å². The minimum atomic E-state index is -2.06. The van der Waals surface area contributed by atoms with E-state index in [1.807, 2.05) is 20.8 Å². The Morgan fingerprint density at radius 1 is 0.980 bits per heavy atom. The van der Waals surface area contributed by atoms with E-state index in [2.05, 4.69) is 0 Å². The molecule has 0 amide bonds. The number of aliphatic hydroxyl groups is 3. The number of hydrogen-bond donors (Lipinski definition) is 4. The van der Waals surface area contributed by atoms with E-state index in [4.69, 9.17) is 34.2 Å². The van der Waals surface area contributed by atoms with Crippen LogP contribution in [0, 0.1) is 57.7 Å². The first-order valence-electron chi connectivity index (χ1n) is 18.1. The fourth-order valence-corrected chi connectivity index (χ4v) is 13.2. The summed E-state index contributed by atoms with van der Waals surface area (Å²) in [6.07, 6.45) is -5.50. The maximum Gasteiger partial charge on any atom is 0.341 e. The number of ether oxygens (including phenoxy) is 6. The molecule has 5 N–H and O–H groups in total. The van der Waals surface area contributed by atoms with Gasteiger partial charge < -0.3 is 49.5 Å². The number of epoxide rings is 2. The minimum absolute atomic E-state index is 0.100. The van der Waals surface area contributed by atoms with Gasteiger partial charge in [0.25, 0.3) is 0 Å². The van der Waals surface area contributed by atoms with Crippen LogP contribution in [0.1, 0.15) is 75.2 Å². The second-order valence-electron chi connectivity index (χ2n) is 17.8. The molecule has 5 saturated carbocycles. The maximum atomic E-state index is 13.4. The maximum absolute atomic E-state index is 13.4. The Bertz CT molecular complexity index is 1570. The molecule has 0 bridgehead atoms. The molecule has 0 aromatic heterocycles. The Kier molecular flexibility index (Phi) is 6.93. The smallest absolute Gasteiger partial charge is 0.341 e. The van der Waals surface area contributed by atoms with Gasteiger partial charge in [0.15, 0.2) is 5.60 Å². The van der Waals surface area contributed by atoms with Crippen molar-refractivity contribution in [2.24, 2.45) is 63.4 Å². The van der Waals surface area contributed by atoms with Gasteiger partial charge in [0.2, 0.25) is 5.79 Å². The molecule has 2 unspecified atom stereocenters. The average molecular weight is 706 g/mol. The van der Waals surface area contributed by atoms with E-state index in [9.17, 15) is 34.5 Å². The zero-order chi connectivity index (χ0) is 36.6. The fourth-order valence-electron chi connectivity index (χ4n) is 13.2. The highest BCUT2D eigenvalue weighted by Gasteiger charge is 2.93. The van der Waals surface area contributed by atoms with Crippen LogP contribution in [0.25, 0.3) is 0 Å². The first-order chi connectivity index (χ1) is 23.1. The van der Waals surface area contributed by atoms with E-state index in [1.54, 1.807) is 20.8 Å². The number of nitrogens with two attached hydrogens (primary N) is 1. The van der Waals surface area contributed by atoms with E-state index in [0.717, 1.165) is 0 Å². The van der Waals surface area contributed by atoms with Crippen molar-refractivity contribution in [2.75, 3.05) is 0 Å². The summed E-state index contributed by atoms with van der Waals surface area (Å²) >= 11 is 0. The second-order valence-corrected chi connectivity index (χ2v) is 17.8. The number of carbonyl (C=O) groups excluding carboxylic acids is 4. The highest BCUT2D eigenvalue weighted by Crippen LogP contribution is 2.81. The van der Waals surface area contributed by atoms with Crippen molar-refractivity contribution < 1.29 is 62.9 Å². The number of carbonyl (C=O) groups is 4. The third kappa shape index (κ3) is 3.66. The summed E-state index contributed by atoms with van der Waals surface area (Å²) in [6.45, 7) is 14.9. The number of fused-ring (bicyclic) bond motifs is 9. The first kappa shape index (κ1) is 34.7. The molecule has 278 valence electrons. The second kappa shape index (κ2) is 9.98. The lowest BCUT2D eigenvalue weighted by Crippen LogP contribution is -2.80. The van der Waals surface area contributed by atoms with Gasteiger partial charge in [-0.25, -0.2) is 4.79 Å². The van der Waals surface area contributed by atoms with E-state index < -0.39 is 141 Å². The van der Waals surface area contributed by atoms with Crippen molar-refractivity contribution in [2.45, 2.75) is 141 Å². The average Bonchev–Trinajstić information content (AvgIpc) is 3.91. The Balaban J connectivity index is 1.36. The van der Waals surface area contributed by atoms with Crippen LogP contribution >= 0.6 is 0 Å². The number of aliphatic hydroxyl groups excluding tert-OH is 1. The molecule has 50 heavy (non-hydrogen) atoms. The molecular weight excluding hydrogens is 654 g/mol. The normalized spacial score (nSPS) is 59.3. The predicted molar refractivity (Wildman–Crippen MR) is 168 cm³/mol. The summed E-state index contributed by atoms with van der Waals surface area (Å²) in [6, 6.07) is -1.23. The molecule has 5 aliphatic carbocycles. The van der Waals surface area contributed by atoms with E-state index in [0.29, 0.717) is 0 Å². The van der Waals surface area contributed by atoms with Gasteiger partial charge in [0, 0.05) is 42.9 Å². The lowest BCUT2D eigenvalue weighted by atomic mass is 9.40. The lowest BCUT2D eigenvalue weighted by Gasteiger charge is -2.68. The summed E-state index contributed by atoms with van der Waals surface area (Å²) in [7, 11) is 0. The lowest BCUT2D eigenvalue weighted by molar-refractivity contribution is -0.292. The highest BCUT2D eigenvalue weighted by molar-refractivity contribution is 5.84. The van der Waals surface area contributed by atoms with Gasteiger partial charge in [-0.2, -0.15) is 0 Å². The Morgan fingerprint density at radius 2 is 1.62 bits per heavy atom.